The highest BCUT2D eigenvalue weighted by Crippen LogP contribution is 2.20. The van der Waals surface area contributed by atoms with Gasteiger partial charge in [-0.15, -0.1) is 0 Å². The first-order valence-electron chi connectivity index (χ1n) is 11.0. The average molecular weight is 404 g/mol. The Morgan fingerprint density at radius 1 is 0.484 bits per heavy atom. The van der Waals surface area contributed by atoms with E-state index < -0.39 is 0 Å². The summed E-state index contributed by atoms with van der Waals surface area (Å²) in [7, 11) is 0. The van der Waals surface area contributed by atoms with Crippen LogP contribution in [0.25, 0.3) is 0 Å². The summed E-state index contributed by atoms with van der Waals surface area (Å²) in [5.74, 6) is 0. The summed E-state index contributed by atoms with van der Waals surface area (Å²) >= 11 is 0. The van der Waals surface area contributed by atoms with Crippen molar-refractivity contribution < 1.29 is 0 Å². The Hall–Kier alpha value is -3.58. The molecule has 0 spiro atoms. The second-order valence-corrected chi connectivity index (χ2v) is 7.87. The molecule has 0 fully saturated rings. The van der Waals surface area contributed by atoms with Gasteiger partial charge >= 0.3 is 0 Å². The molecule has 0 radical (unpaired) electrons. The van der Waals surface area contributed by atoms with Crippen LogP contribution in [0.5, 0.6) is 0 Å². The molecule has 4 aromatic rings. The fraction of sp³-hybridized carbons (Fsp3) is 0.133. The molecule has 0 aliphatic rings. The maximum Gasteiger partial charge on any atom is 0.0430 e. The lowest BCUT2D eigenvalue weighted by molar-refractivity contribution is 0.320. The minimum atomic E-state index is 0.892. The Bertz CT molecular complexity index is 1010. The Morgan fingerprint density at radius 2 is 0.871 bits per heavy atom. The topological polar surface area (TPSA) is 3.24 Å². The molecule has 0 bridgehead atoms. The molecule has 0 aromatic heterocycles. The van der Waals surface area contributed by atoms with Crippen LogP contribution in [0.1, 0.15) is 22.3 Å². The molecule has 1 nitrogen and oxygen atoms in total. The lowest BCUT2D eigenvalue weighted by Crippen LogP contribution is -2.24. The van der Waals surface area contributed by atoms with Gasteiger partial charge in [-0.05, 0) is 28.7 Å². The van der Waals surface area contributed by atoms with Gasteiger partial charge in [0.2, 0.25) is 0 Å². The number of hydrogen-bond donors (Lipinski definition) is 0. The van der Waals surface area contributed by atoms with Crippen molar-refractivity contribution in [2.24, 2.45) is 0 Å². The highest BCUT2D eigenvalue weighted by atomic mass is 15.1. The van der Waals surface area contributed by atoms with Crippen molar-refractivity contribution in [3.63, 3.8) is 0 Å². The van der Waals surface area contributed by atoms with Crippen molar-refractivity contribution in [3.8, 4) is 0 Å². The first-order valence-corrected chi connectivity index (χ1v) is 11.0. The maximum absolute atomic E-state index is 2.53. The van der Waals surface area contributed by atoms with Crippen LogP contribution in [0.2, 0.25) is 0 Å². The molecule has 0 amide bonds. The third kappa shape index (κ3) is 6.45. The van der Waals surface area contributed by atoms with Gasteiger partial charge in [0.05, 0.1) is 0 Å². The summed E-state index contributed by atoms with van der Waals surface area (Å²) in [6.07, 6.45) is 4.27. The second-order valence-electron chi connectivity index (χ2n) is 7.87. The lowest BCUT2D eigenvalue weighted by atomic mass is 10.0. The normalized spacial score (nSPS) is 11.3. The van der Waals surface area contributed by atoms with Gasteiger partial charge in [0.15, 0.2) is 0 Å². The van der Waals surface area contributed by atoms with Crippen molar-refractivity contribution in [1.29, 1.82) is 0 Å². The molecule has 1 heteroatoms. The standard InChI is InChI=1S/C30H29N/c1-5-13-26(14-6-1)21-22-30(23-27-15-7-2-8-16-27)31(24-28-17-9-3-10-18-28)25-29-19-11-4-12-20-29/h1-20,22H,21,23-25H2/b30-22+. The molecule has 0 heterocycles. The van der Waals surface area contributed by atoms with Crippen LogP contribution in [0.3, 0.4) is 0 Å². The van der Waals surface area contributed by atoms with Gasteiger partial charge in [-0.25, -0.2) is 0 Å². The van der Waals surface area contributed by atoms with E-state index in [2.05, 4.69) is 132 Å². The van der Waals surface area contributed by atoms with Crippen LogP contribution >= 0.6 is 0 Å². The Balaban J connectivity index is 1.66. The van der Waals surface area contributed by atoms with Crippen LogP contribution in [-0.4, -0.2) is 4.90 Å². The van der Waals surface area contributed by atoms with Crippen molar-refractivity contribution in [1.82, 2.24) is 4.90 Å². The Kier molecular flexibility index (Phi) is 7.33. The van der Waals surface area contributed by atoms with Crippen molar-refractivity contribution >= 4 is 0 Å². The molecule has 0 aliphatic heterocycles. The van der Waals surface area contributed by atoms with Gasteiger partial charge in [0.1, 0.15) is 0 Å². The zero-order chi connectivity index (χ0) is 21.1. The minimum absolute atomic E-state index is 0.892. The third-order valence-electron chi connectivity index (χ3n) is 5.48. The number of nitrogens with zero attached hydrogens (tertiary/aromatic N) is 1. The lowest BCUT2D eigenvalue weighted by Gasteiger charge is -2.29. The zero-order valence-corrected chi connectivity index (χ0v) is 17.9. The summed E-state index contributed by atoms with van der Waals surface area (Å²) in [4.78, 5) is 2.53. The number of benzene rings is 4. The van der Waals surface area contributed by atoms with E-state index in [4.69, 9.17) is 0 Å². The van der Waals surface area contributed by atoms with Gasteiger partial charge in [-0.2, -0.15) is 0 Å². The van der Waals surface area contributed by atoms with Crippen LogP contribution in [0, 0.1) is 0 Å². The molecule has 4 rings (SSSR count). The molecule has 0 aliphatic carbocycles. The summed E-state index contributed by atoms with van der Waals surface area (Å²) in [6, 6.07) is 43.0. The highest BCUT2D eigenvalue weighted by molar-refractivity contribution is 5.26. The Labute approximate surface area is 186 Å². The first-order chi connectivity index (χ1) is 15.4. The van der Waals surface area contributed by atoms with Gasteiger partial charge in [-0.1, -0.05) is 127 Å². The smallest absolute Gasteiger partial charge is 0.0430 e. The molecule has 0 saturated heterocycles. The predicted molar refractivity (Wildman–Crippen MR) is 131 cm³/mol. The number of allylic oxidation sites excluding steroid dienone is 2. The van der Waals surface area contributed by atoms with E-state index in [1.54, 1.807) is 0 Å². The molecule has 0 N–H and O–H groups in total. The molecule has 0 unspecified atom stereocenters. The van der Waals surface area contributed by atoms with Crippen LogP contribution in [-0.2, 0) is 25.9 Å². The first kappa shape index (κ1) is 20.7. The molecular formula is C30H29N. The summed E-state index contributed by atoms with van der Waals surface area (Å²) < 4.78 is 0. The van der Waals surface area contributed by atoms with Crippen molar-refractivity contribution in [2.45, 2.75) is 25.9 Å². The number of hydrogen-bond acceptors (Lipinski definition) is 1. The van der Waals surface area contributed by atoms with Crippen LogP contribution in [0.15, 0.2) is 133 Å². The monoisotopic (exact) mass is 403 g/mol. The van der Waals surface area contributed by atoms with E-state index in [0.717, 1.165) is 25.9 Å². The summed E-state index contributed by atoms with van der Waals surface area (Å²) in [5, 5.41) is 0. The fourth-order valence-electron chi connectivity index (χ4n) is 3.83. The van der Waals surface area contributed by atoms with Gasteiger partial charge in [0, 0.05) is 25.2 Å². The quantitative estimate of drug-likeness (QED) is 0.289. The molecule has 4 aromatic carbocycles. The molecule has 0 atom stereocenters. The van der Waals surface area contributed by atoms with Gasteiger partial charge in [-0.3, -0.25) is 0 Å². The highest BCUT2D eigenvalue weighted by Gasteiger charge is 2.12. The van der Waals surface area contributed by atoms with Gasteiger partial charge < -0.3 is 4.90 Å². The zero-order valence-electron chi connectivity index (χ0n) is 17.9. The second kappa shape index (κ2) is 11.0. The average Bonchev–Trinajstić information content (AvgIpc) is 2.84. The van der Waals surface area contributed by atoms with Crippen molar-refractivity contribution in [3.05, 3.63) is 155 Å². The molecule has 0 saturated carbocycles. The molecular weight excluding hydrogens is 374 g/mol. The summed E-state index contributed by atoms with van der Waals surface area (Å²) in [6.45, 7) is 1.78. The van der Waals surface area contributed by atoms with E-state index in [9.17, 15) is 0 Å². The third-order valence-corrected chi connectivity index (χ3v) is 5.48. The van der Waals surface area contributed by atoms with E-state index in [0.29, 0.717) is 0 Å². The van der Waals surface area contributed by atoms with Crippen LogP contribution in [0.4, 0.5) is 0 Å². The largest absolute Gasteiger partial charge is 0.366 e. The van der Waals surface area contributed by atoms with E-state index in [1.165, 1.54) is 28.0 Å². The fourth-order valence-corrected chi connectivity index (χ4v) is 3.83. The molecule has 154 valence electrons. The summed E-state index contributed by atoms with van der Waals surface area (Å²) in [5.41, 5.74) is 6.71. The SMILES string of the molecule is C(/Cc1ccccc1)=C(/Cc1ccccc1)N(Cc1ccccc1)Cc1ccccc1. The maximum atomic E-state index is 2.53. The van der Waals surface area contributed by atoms with Crippen molar-refractivity contribution in [2.75, 3.05) is 0 Å². The number of rotatable bonds is 9. The van der Waals surface area contributed by atoms with Gasteiger partial charge in [0.25, 0.3) is 0 Å². The predicted octanol–water partition coefficient (Wildman–Crippen LogP) is 7.06. The van der Waals surface area contributed by atoms with E-state index >= 15 is 0 Å². The van der Waals surface area contributed by atoms with Crippen LogP contribution < -0.4 is 0 Å². The Morgan fingerprint density at radius 3 is 1.32 bits per heavy atom. The minimum Gasteiger partial charge on any atom is -0.366 e. The molecule has 31 heavy (non-hydrogen) atoms. The van der Waals surface area contributed by atoms with E-state index in [1.807, 2.05) is 0 Å². The van der Waals surface area contributed by atoms with E-state index in [-0.39, 0.29) is 0 Å².